The van der Waals surface area contributed by atoms with Crippen LogP contribution in [0.2, 0.25) is 0 Å². The second-order valence-corrected chi connectivity index (χ2v) is 9.78. The smallest absolute Gasteiger partial charge is 0.298 e. The molecule has 5 nitrogen and oxygen atoms in total. The molecule has 0 fully saturated rings. The molecule has 0 unspecified atom stereocenters. The molecule has 0 heterocycles. The second-order valence-electron chi connectivity index (χ2n) is 8.42. The van der Waals surface area contributed by atoms with E-state index in [1.807, 2.05) is 18.2 Å². The maximum absolute atomic E-state index is 11.9. The first-order valence-electron chi connectivity index (χ1n) is 12.0. The Kier molecular flexibility index (Phi) is 11.6. The van der Waals surface area contributed by atoms with Crippen LogP contribution in [-0.2, 0) is 16.5 Å². The summed E-state index contributed by atoms with van der Waals surface area (Å²) in [5.41, 5.74) is 0.323. The van der Waals surface area contributed by atoms with E-state index in [-0.39, 0.29) is 0 Å². The van der Waals surface area contributed by atoms with Gasteiger partial charge in [-0.15, -0.1) is 0 Å². The van der Waals surface area contributed by atoms with Gasteiger partial charge in [0.1, 0.15) is 22.1 Å². The third-order valence-electron chi connectivity index (χ3n) is 5.71. The van der Waals surface area contributed by atoms with Gasteiger partial charge in [-0.1, -0.05) is 95.8 Å². The van der Waals surface area contributed by atoms with Gasteiger partial charge in [-0.25, -0.2) is 0 Å². The number of hydrogen-bond donors (Lipinski definition) is 2. The molecule has 0 spiro atoms. The van der Waals surface area contributed by atoms with E-state index in [0.717, 1.165) is 19.3 Å². The van der Waals surface area contributed by atoms with Crippen molar-refractivity contribution in [2.45, 2.75) is 95.3 Å². The highest BCUT2D eigenvalue weighted by Gasteiger charge is 2.24. The van der Waals surface area contributed by atoms with Crippen LogP contribution in [0, 0.1) is 0 Å². The summed E-state index contributed by atoms with van der Waals surface area (Å²) in [7, 11) is -4.58. The van der Waals surface area contributed by atoms with Crippen LogP contribution in [0.25, 0.3) is 0 Å². The Morgan fingerprint density at radius 2 is 1.28 bits per heavy atom. The Hall–Kier alpha value is -2.05. The fraction of sp³-hybridized carbons (Fsp3) is 0.538. The number of para-hydroxylation sites is 1. The molecule has 0 saturated heterocycles. The summed E-state index contributed by atoms with van der Waals surface area (Å²) >= 11 is 0. The predicted octanol–water partition coefficient (Wildman–Crippen LogP) is 7.67. The summed E-state index contributed by atoms with van der Waals surface area (Å²) in [5.74, 6) is 0.446. The molecule has 0 amide bonds. The Balaban J connectivity index is 1.86. The van der Waals surface area contributed by atoms with Crippen molar-refractivity contribution < 1.29 is 22.8 Å². The molecule has 6 heteroatoms. The van der Waals surface area contributed by atoms with Crippen LogP contribution in [0.1, 0.15) is 89.5 Å². The van der Waals surface area contributed by atoms with Gasteiger partial charge in [-0.05, 0) is 37.1 Å². The molecule has 0 aliphatic heterocycles. The molecule has 2 aromatic rings. The predicted molar refractivity (Wildman–Crippen MR) is 129 cm³/mol. The van der Waals surface area contributed by atoms with E-state index >= 15 is 0 Å². The SMILES string of the molecule is CCCCCCCCCCCCCCc1c(Oc2ccccc2)ccc(O)c1S(=O)(=O)O. The summed E-state index contributed by atoms with van der Waals surface area (Å²) in [6.07, 6.45) is 14.9. The molecule has 2 rings (SSSR count). The fourth-order valence-electron chi connectivity index (χ4n) is 3.98. The van der Waals surface area contributed by atoms with Gasteiger partial charge in [0.2, 0.25) is 0 Å². The minimum atomic E-state index is -4.58. The van der Waals surface area contributed by atoms with Crippen molar-refractivity contribution >= 4 is 10.1 Å². The quantitative estimate of drug-likeness (QED) is 0.197. The molecule has 0 atom stereocenters. The Morgan fingerprint density at radius 3 is 1.81 bits per heavy atom. The van der Waals surface area contributed by atoms with Crippen LogP contribution >= 0.6 is 0 Å². The zero-order valence-electron chi connectivity index (χ0n) is 19.3. The molecular formula is C26H38O5S. The molecule has 0 aliphatic carbocycles. The maximum Gasteiger partial charge on any atom is 0.298 e. The lowest BCUT2D eigenvalue weighted by atomic mass is 10.0. The van der Waals surface area contributed by atoms with Crippen LogP contribution < -0.4 is 4.74 Å². The van der Waals surface area contributed by atoms with Crippen LogP contribution in [0.5, 0.6) is 17.2 Å². The molecular weight excluding hydrogens is 424 g/mol. The number of hydrogen-bond acceptors (Lipinski definition) is 4. The van der Waals surface area contributed by atoms with Crippen molar-refractivity contribution in [3.63, 3.8) is 0 Å². The van der Waals surface area contributed by atoms with Gasteiger partial charge >= 0.3 is 0 Å². The summed E-state index contributed by atoms with van der Waals surface area (Å²) < 4.78 is 39.4. The monoisotopic (exact) mass is 462 g/mol. The van der Waals surface area contributed by atoms with E-state index in [2.05, 4.69) is 6.92 Å². The van der Waals surface area contributed by atoms with E-state index in [1.54, 1.807) is 18.2 Å². The lowest BCUT2D eigenvalue weighted by Crippen LogP contribution is -2.06. The van der Waals surface area contributed by atoms with E-state index in [9.17, 15) is 18.1 Å². The van der Waals surface area contributed by atoms with Gasteiger partial charge in [0.15, 0.2) is 0 Å². The molecule has 32 heavy (non-hydrogen) atoms. The highest BCUT2D eigenvalue weighted by Crippen LogP contribution is 2.37. The zero-order valence-corrected chi connectivity index (χ0v) is 20.1. The average molecular weight is 463 g/mol. The molecule has 2 aromatic carbocycles. The summed E-state index contributed by atoms with van der Waals surface area (Å²) in [6, 6.07) is 11.8. The number of phenols is 1. The summed E-state index contributed by atoms with van der Waals surface area (Å²) in [5, 5.41) is 10.1. The third-order valence-corrected chi connectivity index (χ3v) is 6.68. The van der Waals surface area contributed by atoms with Crippen molar-refractivity contribution in [2.24, 2.45) is 0 Å². The molecule has 0 saturated carbocycles. The van der Waals surface area contributed by atoms with E-state index in [1.165, 1.54) is 63.9 Å². The topological polar surface area (TPSA) is 83.8 Å². The largest absolute Gasteiger partial charge is 0.506 e. The van der Waals surface area contributed by atoms with E-state index in [4.69, 9.17) is 4.74 Å². The van der Waals surface area contributed by atoms with Crippen molar-refractivity contribution in [2.75, 3.05) is 0 Å². The Labute approximate surface area is 193 Å². The van der Waals surface area contributed by atoms with Crippen LogP contribution in [0.4, 0.5) is 0 Å². The summed E-state index contributed by atoms with van der Waals surface area (Å²) in [6.45, 7) is 2.24. The molecule has 2 N–H and O–H groups in total. The van der Waals surface area contributed by atoms with Crippen molar-refractivity contribution in [1.82, 2.24) is 0 Å². The number of ether oxygens (including phenoxy) is 1. The number of aromatic hydroxyl groups is 1. The minimum Gasteiger partial charge on any atom is -0.506 e. The second kappa shape index (κ2) is 14.2. The highest BCUT2D eigenvalue weighted by atomic mass is 32.2. The number of phenolic OH excluding ortho intramolecular Hbond substituents is 1. The zero-order chi connectivity index (χ0) is 23.2. The van der Waals surface area contributed by atoms with Gasteiger partial charge in [0, 0.05) is 5.56 Å². The first kappa shape index (κ1) is 26.2. The first-order valence-corrected chi connectivity index (χ1v) is 13.4. The normalized spacial score (nSPS) is 11.6. The van der Waals surface area contributed by atoms with Gasteiger partial charge in [0.05, 0.1) is 0 Å². The van der Waals surface area contributed by atoms with Gasteiger partial charge in [-0.2, -0.15) is 8.42 Å². The molecule has 0 aliphatic rings. The van der Waals surface area contributed by atoms with Crippen LogP contribution in [0.15, 0.2) is 47.4 Å². The number of rotatable bonds is 16. The highest BCUT2D eigenvalue weighted by molar-refractivity contribution is 7.86. The van der Waals surface area contributed by atoms with Gasteiger partial charge < -0.3 is 9.84 Å². The van der Waals surface area contributed by atoms with Crippen molar-refractivity contribution in [3.05, 3.63) is 48.0 Å². The lowest BCUT2D eigenvalue weighted by molar-refractivity contribution is 0.428. The van der Waals surface area contributed by atoms with Crippen LogP contribution in [-0.4, -0.2) is 18.1 Å². The minimum absolute atomic E-state index is 0.323. The molecule has 0 radical (unpaired) electrons. The van der Waals surface area contributed by atoms with Crippen molar-refractivity contribution in [1.29, 1.82) is 0 Å². The number of benzene rings is 2. The van der Waals surface area contributed by atoms with E-state index < -0.39 is 20.8 Å². The lowest BCUT2D eigenvalue weighted by Gasteiger charge is -2.15. The van der Waals surface area contributed by atoms with Gasteiger partial charge in [0.25, 0.3) is 10.1 Å². The van der Waals surface area contributed by atoms with E-state index in [0.29, 0.717) is 23.5 Å². The Bertz CT molecular complexity index is 894. The third kappa shape index (κ3) is 9.21. The molecule has 178 valence electrons. The average Bonchev–Trinajstić information content (AvgIpc) is 2.76. The summed E-state index contributed by atoms with van der Waals surface area (Å²) in [4.78, 5) is -0.450. The number of unbranched alkanes of at least 4 members (excludes halogenated alkanes) is 11. The maximum atomic E-state index is 11.9. The Morgan fingerprint density at radius 1 is 0.750 bits per heavy atom. The first-order chi connectivity index (χ1) is 15.4. The van der Waals surface area contributed by atoms with Crippen LogP contribution in [0.3, 0.4) is 0 Å². The molecule has 0 aromatic heterocycles. The standard InChI is InChI=1S/C26H38O5S/c1-2-3-4-5-6-7-8-9-10-11-12-16-19-23-25(31-22-17-14-13-15-18-22)21-20-24(27)26(23)32(28,29)30/h13-15,17-18,20-21,27H,2-12,16,19H2,1H3,(H,28,29,30). The molecule has 0 bridgehead atoms. The van der Waals surface area contributed by atoms with Crippen molar-refractivity contribution in [3.8, 4) is 17.2 Å². The fourth-order valence-corrected chi connectivity index (χ4v) is 4.82. The van der Waals surface area contributed by atoms with Gasteiger partial charge in [-0.3, -0.25) is 4.55 Å².